The van der Waals surface area contributed by atoms with E-state index in [9.17, 15) is 4.79 Å². The first kappa shape index (κ1) is 10.9. The van der Waals surface area contributed by atoms with Gasteiger partial charge in [-0.3, -0.25) is 0 Å². The first-order valence-corrected chi connectivity index (χ1v) is 5.55. The first-order chi connectivity index (χ1) is 7.74. The number of hydrogen-bond acceptors (Lipinski definition) is 4. The summed E-state index contributed by atoms with van der Waals surface area (Å²) >= 11 is 0. The molecule has 86 valence electrons. The normalized spacial score (nSPS) is 22.6. The summed E-state index contributed by atoms with van der Waals surface area (Å²) in [6.45, 7) is 2.19. The minimum absolute atomic E-state index is 0.348. The Hall–Kier alpha value is -1.58. The summed E-state index contributed by atoms with van der Waals surface area (Å²) in [5.74, 6) is 0.376. The molecule has 1 aromatic rings. The molecule has 1 fully saturated rings. The van der Waals surface area contributed by atoms with Crippen LogP contribution in [0.15, 0.2) is 18.3 Å². The molecule has 16 heavy (non-hydrogen) atoms. The van der Waals surface area contributed by atoms with Gasteiger partial charge in [0.2, 0.25) is 0 Å². The Balaban J connectivity index is 2.02. The molecule has 0 aliphatic heterocycles. The lowest BCUT2D eigenvalue weighted by atomic mass is 10.3. The van der Waals surface area contributed by atoms with Crippen LogP contribution in [0.5, 0.6) is 0 Å². The average molecular weight is 220 g/mol. The molecule has 0 spiro atoms. The van der Waals surface area contributed by atoms with Crippen molar-refractivity contribution in [3.63, 3.8) is 0 Å². The van der Waals surface area contributed by atoms with Gasteiger partial charge in [0.15, 0.2) is 0 Å². The molecular weight excluding hydrogens is 204 g/mol. The van der Waals surface area contributed by atoms with Gasteiger partial charge in [0.1, 0.15) is 5.69 Å². The Kier molecular flexibility index (Phi) is 3.08. The smallest absolute Gasteiger partial charge is 0.356 e. The monoisotopic (exact) mass is 220 g/mol. The van der Waals surface area contributed by atoms with Gasteiger partial charge in [-0.25, -0.2) is 9.78 Å². The zero-order valence-corrected chi connectivity index (χ0v) is 9.56. The van der Waals surface area contributed by atoms with Crippen LogP contribution in [-0.2, 0) is 4.74 Å². The van der Waals surface area contributed by atoms with Gasteiger partial charge >= 0.3 is 5.97 Å². The maximum atomic E-state index is 11.3. The van der Waals surface area contributed by atoms with Crippen molar-refractivity contribution in [1.82, 2.24) is 4.98 Å². The maximum Gasteiger partial charge on any atom is 0.356 e. The summed E-state index contributed by atoms with van der Waals surface area (Å²) in [4.78, 5) is 15.2. The van der Waals surface area contributed by atoms with Crippen molar-refractivity contribution >= 4 is 11.7 Å². The number of anilines is 1. The SMILES string of the molecule is CCC1CC1Nc1ccnc(C(=O)OC)c1. The van der Waals surface area contributed by atoms with Crippen LogP contribution in [0.4, 0.5) is 5.69 Å². The number of carbonyl (C=O) groups is 1. The third kappa shape index (κ3) is 2.32. The van der Waals surface area contributed by atoms with Crippen LogP contribution in [0.3, 0.4) is 0 Å². The predicted octanol–water partition coefficient (Wildman–Crippen LogP) is 2.08. The number of pyridine rings is 1. The number of methoxy groups -OCH3 is 1. The van der Waals surface area contributed by atoms with E-state index in [2.05, 4.69) is 22.0 Å². The first-order valence-electron chi connectivity index (χ1n) is 5.55. The molecule has 1 aliphatic carbocycles. The van der Waals surface area contributed by atoms with Gasteiger partial charge in [-0.2, -0.15) is 0 Å². The van der Waals surface area contributed by atoms with Crippen molar-refractivity contribution in [1.29, 1.82) is 0 Å². The van der Waals surface area contributed by atoms with Gasteiger partial charge in [-0.15, -0.1) is 0 Å². The summed E-state index contributed by atoms with van der Waals surface area (Å²) in [6, 6.07) is 4.16. The molecule has 0 bridgehead atoms. The molecule has 1 heterocycles. The number of aromatic nitrogens is 1. The van der Waals surface area contributed by atoms with Crippen LogP contribution in [0, 0.1) is 5.92 Å². The highest BCUT2D eigenvalue weighted by atomic mass is 16.5. The van der Waals surface area contributed by atoms with Crippen molar-refractivity contribution in [3.8, 4) is 0 Å². The molecule has 4 heteroatoms. The molecule has 2 unspecified atom stereocenters. The van der Waals surface area contributed by atoms with Gasteiger partial charge in [-0.05, 0) is 24.5 Å². The number of ether oxygens (including phenoxy) is 1. The molecule has 0 saturated heterocycles. The molecule has 0 amide bonds. The van der Waals surface area contributed by atoms with Gasteiger partial charge in [0.25, 0.3) is 0 Å². The second-order valence-corrected chi connectivity index (χ2v) is 4.08. The minimum Gasteiger partial charge on any atom is -0.464 e. The summed E-state index contributed by atoms with van der Waals surface area (Å²) in [5.41, 5.74) is 1.29. The van der Waals surface area contributed by atoms with Crippen molar-refractivity contribution < 1.29 is 9.53 Å². The third-order valence-corrected chi connectivity index (χ3v) is 2.95. The molecular formula is C12H16N2O2. The number of nitrogens with one attached hydrogen (secondary N) is 1. The lowest BCUT2D eigenvalue weighted by Crippen LogP contribution is -2.08. The van der Waals surface area contributed by atoms with E-state index in [1.807, 2.05) is 6.07 Å². The van der Waals surface area contributed by atoms with Crippen molar-refractivity contribution in [2.45, 2.75) is 25.8 Å². The number of esters is 1. The minimum atomic E-state index is -0.397. The largest absolute Gasteiger partial charge is 0.464 e. The van der Waals surface area contributed by atoms with Crippen LogP contribution in [0.25, 0.3) is 0 Å². The molecule has 2 rings (SSSR count). The van der Waals surface area contributed by atoms with Crippen molar-refractivity contribution in [3.05, 3.63) is 24.0 Å². The van der Waals surface area contributed by atoms with Gasteiger partial charge in [-0.1, -0.05) is 13.3 Å². The summed E-state index contributed by atoms with van der Waals surface area (Å²) in [5, 5.41) is 3.39. The van der Waals surface area contributed by atoms with E-state index in [1.165, 1.54) is 20.0 Å². The highest BCUT2D eigenvalue weighted by molar-refractivity contribution is 5.88. The molecule has 1 aromatic heterocycles. The van der Waals surface area contributed by atoms with Crippen LogP contribution in [0.2, 0.25) is 0 Å². The Morgan fingerprint density at radius 3 is 3.12 bits per heavy atom. The average Bonchev–Trinajstić information content (AvgIpc) is 3.07. The zero-order valence-electron chi connectivity index (χ0n) is 9.56. The summed E-state index contributed by atoms with van der Waals surface area (Å²) in [6.07, 6.45) is 4.04. The predicted molar refractivity (Wildman–Crippen MR) is 61.4 cm³/mol. The zero-order chi connectivity index (χ0) is 11.5. The highest BCUT2D eigenvalue weighted by Crippen LogP contribution is 2.35. The number of nitrogens with zero attached hydrogens (tertiary/aromatic N) is 1. The molecule has 1 saturated carbocycles. The number of carbonyl (C=O) groups excluding carboxylic acids is 1. The van der Waals surface area contributed by atoms with E-state index >= 15 is 0 Å². The highest BCUT2D eigenvalue weighted by Gasteiger charge is 2.35. The molecule has 4 nitrogen and oxygen atoms in total. The fourth-order valence-electron chi connectivity index (χ4n) is 1.83. The van der Waals surface area contributed by atoms with E-state index in [-0.39, 0.29) is 0 Å². The second-order valence-electron chi connectivity index (χ2n) is 4.08. The van der Waals surface area contributed by atoms with Gasteiger partial charge in [0.05, 0.1) is 7.11 Å². The molecule has 1 aliphatic rings. The Bertz CT molecular complexity index is 392. The van der Waals surface area contributed by atoms with Crippen LogP contribution < -0.4 is 5.32 Å². The van der Waals surface area contributed by atoms with Crippen LogP contribution >= 0.6 is 0 Å². The summed E-state index contributed by atoms with van der Waals surface area (Å²) < 4.78 is 4.62. The van der Waals surface area contributed by atoms with E-state index in [0.717, 1.165) is 11.6 Å². The summed E-state index contributed by atoms with van der Waals surface area (Å²) in [7, 11) is 1.36. The molecule has 2 atom stereocenters. The van der Waals surface area contributed by atoms with E-state index in [0.29, 0.717) is 11.7 Å². The lowest BCUT2D eigenvalue weighted by molar-refractivity contribution is 0.0594. The van der Waals surface area contributed by atoms with E-state index in [1.54, 1.807) is 12.3 Å². The van der Waals surface area contributed by atoms with Gasteiger partial charge < -0.3 is 10.1 Å². The quantitative estimate of drug-likeness (QED) is 0.789. The Morgan fingerprint density at radius 2 is 2.50 bits per heavy atom. The van der Waals surface area contributed by atoms with Crippen LogP contribution in [0.1, 0.15) is 30.3 Å². The third-order valence-electron chi connectivity index (χ3n) is 2.95. The molecule has 0 radical (unpaired) electrons. The topological polar surface area (TPSA) is 51.2 Å². The fraction of sp³-hybridized carbons (Fsp3) is 0.500. The number of hydrogen-bond donors (Lipinski definition) is 1. The number of rotatable bonds is 4. The van der Waals surface area contributed by atoms with Crippen molar-refractivity contribution in [2.24, 2.45) is 5.92 Å². The van der Waals surface area contributed by atoms with E-state index in [4.69, 9.17) is 0 Å². The second kappa shape index (κ2) is 4.51. The Morgan fingerprint density at radius 1 is 1.69 bits per heavy atom. The maximum absolute atomic E-state index is 11.3. The lowest BCUT2D eigenvalue weighted by Gasteiger charge is -2.06. The molecule has 0 aromatic carbocycles. The fourth-order valence-corrected chi connectivity index (χ4v) is 1.83. The van der Waals surface area contributed by atoms with E-state index < -0.39 is 5.97 Å². The molecule has 1 N–H and O–H groups in total. The Labute approximate surface area is 95.0 Å². The van der Waals surface area contributed by atoms with Crippen LogP contribution in [-0.4, -0.2) is 24.1 Å². The van der Waals surface area contributed by atoms with Gasteiger partial charge in [0, 0.05) is 17.9 Å². The standard InChI is InChI=1S/C12H16N2O2/c1-3-8-6-10(8)14-9-4-5-13-11(7-9)12(15)16-2/h4-5,7-8,10H,3,6H2,1-2H3,(H,13,14). The van der Waals surface area contributed by atoms with Crippen molar-refractivity contribution in [2.75, 3.05) is 12.4 Å².